The van der Waals surface area contributed by atoms with E-state index in [1.807, 2.05) is 6.92 Å². The highest BCUT2D eigenvalue weighted by molar-refractivity contribution is 8.18. The third-order valence-corrected chi connectivity index (χ3v) is 4.53. The Morgan fingerprint density at radius 2 is 1.92 bits per heavy atom. The number of esters is 1. The molecule has 1 aromatic carbocycles. The lowest BCUT2D eigenvalue weighted by Crippen LogP contribution is -2.34. The second-order valence-corrected chi connectivity index (χ2v) is 6.45. The number of thioether (sulfide) groups is 1. The first-order valence-corrected chi connectivity index (χ1v) is 8.94. The van der Waals surface area contributed by atoms with Crippen molar-refractivity contribution in [3.8, 4) is 11.5 Å². The van der Waals surface area contributed by atoms with Gasteiger partial charge in [-0.15, -0.1) is 0 Å². The third-order valence-electron chi connectivity index (χ3n) is 3.63. The average molecular weight is 379 g/mol. The molecule has 0 N–H and O–H groups in total. The molecule has 1 aliphatic rings. The molecule has 1 aliphatic heterocycles. The first-order valence-electron chi connectivity index (χ1n) is 8.13. The molecule has 2 rings (SSSR count). The van der Waals surface area contributed by atoms with Crippen LogP contribution in [0.4, 0.5) is 4.79 Å². The Hall–Kier alpha value is -2.48. The minimum absolute atomic E-state index is 0.239. The number of amides is 2. The molecule has 8 heteroatoms. The molecule has 0 spiro atoms. The highest BCUT2D eigenvalue weighted by atomic mass is 32.2. The van der Waals surface area contributed by atoms with Crippen LogP contribution in [0.25, 0.3) is 6.08 Å². The van der Waals surface area contributed by atoms with Crippen LogP contribution in [0, 0.1) is 0 Å². The number of carbonyl (C=O) groups excluding carboxylic acids is 3. The van der Waals surface area contributed by atoms with Crippen LogP contribution in [0.15, 0.2) is 23.1 Å². The van der Waals surface area contributed by atoms with Gasteiger partial charge >= 0.3 is 5.97 Å². The number of methoxy groups -OCH3 is 2. The molecule has 7 nitrogen and oxygen atoms in total. The largest absolute Gasteiger partial charge is 0.493 e. The van der Waals surface area contributed by atoms with Crippen LogP contribution in [0.3, 0.4) is 0 Å². The topological polar surface area (TPSA) is 82.1 Å². The van der Waals surface area contributed by atoms with E-state index in [9.17, 15) is 14.4 Å². The van der Waals surface area contributed by atoms with E-state index in [4.69, 9.17) is 14.2 Å². The monoisotopic (exact) mass is 379 g/mol. The Balaban J connectivity index is 2.10. The molecular formula is C18H21NO6S. The van der Waals surface area contributed by atoms with E-state index in [0.717, 1.165) is 29.5 Å². The van der Waals surface area contributed by atoms with Gasteiger partial charge in [-0.1, -0.05) is 19.4 Å². The minimum atomic E-state index is -0.590. The van der Waals surface area contributed by atoms with Crippen molar-refractivity contribution in [2.45, 2.75) is 19.8 Å². The highest BCUT2D eigenvalue weighted by Gasteiger charge is 2.36. The third kappa shape index (κ3) is 4.78. The predicted octanol–water partition coefficient (Wildman–Crippen LogP) is 3.08. The van der Waals surface area contributed by atoms with Crippen molar-refractivity contribution in [1.29, 1.82) is 0 Å². The van der Waals surface area contributed by atoms with E-state index < -0.39 is 17.1 Å². The number of imide groups is 1. The van der Waals surface area contributed by atoms with Crippen molar-refractivity contribution < 1.29 is 28.6 Å². The van der Waals surface area contributed by atoms with E-state index in [1.54, 1.807) is 24.3 Å². The summed E-state index contributed by atoms with van der Waals surface area (Å²) in [6.07, 6.45) is 3.21. The number of ether oxygens (including phenoxy) is 3. The number of hydrogen-bond donors (Lipinski definition) is 0. The lowest BCUT2D eigenvalue weighted by Gasteiger charge is -2.11. The second kappa shape index (κ2) is 9.28. The molecule has 26 heavy (non-hydrogen) atoms. The van der Waals surface area contributed by atoms with E-state index >= 15 is 0 Å². The Labute approximate surface area is 156 Å². The van der Waals surface area contributed by atoms with Crippen molar-refractivity contribution in [2.75, 3.05) is 27.4 Å². The fourth-order valence-electron chi connectivity index (χ4n) is 2.24. The molecule has 0 aliphatic carbocycles. The molecule has 2 amide bonds. The van der Waals surface area contributed by atoms with Gasteiger partial charge in [-0.3, -0.25) is 19.3 Å². The Morgan fingerprint density at radius 1 is 1.19 bits per heavy atom. The van der Waals surface area contributed by atoms with Crippen LogP contribution in [0.1, 0.15) is 25.3 Å². The van der Waals surface area contributed by atoms with Crippen molar-refractivity contribution in [3.63, 3.8) is 0 Å². The van der Waals surface area contributed by atoms with Gasteiger partial charge in [0.05, 0.1) is 25.7 Å². The van der Waals surface area contributed by atoms with E-state index in [-0.39, 0.29) is 18.1 Å². The highest BCUT2D eigenvalue weighted by Crippen LogP contribution is 2.34. The van der Waals surface area contributed by atoms with Crippen LogP contribution >= 0.6 is 11.8 Å². The van der Waals surface area contributed by atoms with E-state index in [0.29, 0.717) is 17.1 Å². The maximum Gasteiger partial charge on any atom is 0.326 e. The molecule has 0 aromatic heterocycles. The van der Waals surface area contributed by atoms with Crippen molar-refractivity contribution in [2.24, 2.45) is 0 Å². The van der Waals surface area contributed by atoms with Gasteiger partial charge in [-0.25, -0.2) is 0 Å². The normalized spacial score (nSPS) is 15.5. The average Bonchev–Trinajstić information content (AvgIpc) is 2.89. The Morgan fingerprint density at radius 3 is 2.58 bits per heavy atom. The fraction of sp³-hybridized carbons (Fsp3) is 0.389. The fourth-order valence-corrected chi connectivity index (χ4v) is 3.07. The van der Waals surface area contributed by atoms with Crippen LogP contribution in [-0.4, -0.2) is 49.4 Å². The second-order valence-electron chi connectivity index (χ2n) is 5.46. The van der Waals surface area contributed by atoms with Crippen molar-refractivity contribution in [1.82, 2.24) is 4.90 Å². The van der Waals surface area contributed by atoms with Gasteiger partial charge in [-0.05, 0) is 42.0 Å². The Bertz CT molecular complexity index is 730. The number of nitrogens with zero attached hydrogens (tertiary/aromatic N) is 1. The Kier molecular flexibility index (Phi) is 7.08. The summed E-state index contributed by atoms with van der Waals surface area (Å²) in [6.45, 7) is 1.88. The quantitative estimate of drug-likeness (QED) is 0.390. The van der Waals surface area contributed by atoms with Crippen molar-refractivity contribution in [3.05, 3.63) is 28.7 Å². The standard InChI is InChI=1S/C18H21NO6S/c1-4-5-8-25-16(20)11-19-17(21)15(26-18(19)22)10-12-6-7-13(23-2)14(9-12)24-3/h6-7,9-10H,4-5,8,11H2,1-3H3/b15-10+. The summed E-state index contributed by atoms with van der Waals surface area (Å²) in [5.41, 5.74) is 0.679. The lowest BCUT2D eigenvalue weighted by atomic mass is 10.2. The summed E-state index contributed by atoms with van der Waals surface area (Å²) in [4.78, 5) is 37.4. The smallest absolute Gasteiger partial charge is 0.326 e. The zero-order valence-electron chi connectivity index (χ0n) is 14.9. The van der Waals surface area contributed by atoms with Gasteiger partial charge in [0, 0.05) is 0 Å². The number of carbonyl (C=O) groups is 3. The molecule has 0 saturated carbocycles. The number of unbranched alkanes of at least 4 members (excludes halogenated alkanes) is 1. The first kappa shape index (κ1) is 19.8. The molecule has 1 fully saturated rings. The summed E-state index contributed by atoms with van der Waals surface area (Å²) in [6, 6.07) is 5.15. The molecule has 140 valence electrons. The minimum Gasteiger partial charge on any atom is -0.493 e. The number of rotatable bonds is 8. The summed E-state index contributed by atoms with van der Waals surface area (Å²) in [5.74, 6) is -0.0251. The SMILES string of the molecule is CCCCOC(=O)CN1C(=O)S/C(=C/c2ccc(OC)c(OC)c2)C1=O. The number of hydrogen-bond acceptors (Lipinski definition) is 7. The zero-order valence-corrected chi connectivity index (χ0v) is 15.8. The summed E-state index contributed by atoms with van der Waals surface area (Å²) >= 11 is 0.789. The van der Waals surface area contributed by atoms with Crippen LogP contribution in [-0.2, 0) is 14.3 Å². The van der Waals surface area contributed by atoms with Gasteiger partial charge in [-0.2, -0.15) is 0 Å². The molecule has 0 radical (unpaired) electrons. The van der Waals surface area contributed by atoms with E-state index in [1.165, 1.54) is 14.2 Å². The molecule has 1 aromatic rings. The molecular weight excluding hydrogens is 358 g/mol. The summed E-state index contributed by atoms with van der Waals surface area (Å²) in [7, 11) is 3.04. The van der Waals surface area contributed by atoms with Gasteiger partial charge in [0.1, 0.15) is 6.54 Å². The first-order chi connectivity index (χ1) is 12.5. The van der Waals surface area contributed by atoms with Crippen LogP contribution < -0.4 is 9.47 Å². The maximum absolute atomic E-state index is 12.4. The number of benzene rings is 1. The maximum atomic E-state index is 12.4. The summed E-state index contributed by atoms with van der Waals surface area (Å²) in [5, 5.41) is -0.492. The predicted molar refractivity (Wildman–Crippen MR) is 98.1 cm³/mol. The molecule has 1 heterocycles. The van der Waals surface area contributed by atoms with Gasteiger partial charge in [0.2, 0.25) is 0 Å². The van der Waals surface area contributed by atoms with Gasteiger partial charge in [0.15, 0.2) is 11.5 Å². The lowest BCUT2D eigenvalue weighted by molar-refractivity contribution is -0.146. The molecule has 0 unspecified atom stereocenters. The molecule has 1 saturated heterocycles. The van der Waals surface area contributed by atoms with E-state index in [2.05, 4.69) is 0 Å². The van der Waals surface area contributed by atoms with Gasteiger partial charge in [0.25, 0.3) is 11.1 Å². The zero-order chi connectivity index (χ0) is 19.1. The molecule has 0 bridgehead atoms. The van der Waals surface area contributed by atoms with Crippen molar-refractivity contribution >= 4 is 35.0 Å². The molecule has 0 atom stereocenters. The van der Waals surface area contributed by atoms with Crippen LogP contribution in [0.5, 0.6) is 11.5 Å². The summed E-state index contributed by atoms with van der Waals surface area (Å²) < 4.78 is 15.4. The van der Waals surface area contributed by atoms with Crippen LogP contribution in [0.2, 0.25) is 0 Å². The van der Waals surface area contributed by atoms with Gasteiger partial charge < -0.3 is 14.2 Å².